The van der Waals surface area contributed by atoms with Crippen molar-refractivity contribution in [2.24, 2.45) is 0 Å². The molecule has 0 aromatic carbocycles. The standard InChI is InChI=1S/C13H25N5/c1-11(2)18-8-5-12(6-9-18)14-7-3-4-13-15-10-16-17-13/h10-12,14H,3-9H2,1-2H3,(H,15,16,17). The first-order chi connectivity index (χ1) is 8.75. The van der Waals surface area contributed by atoms with E-state index in [9.17, 15) is 0 Å². The number of nitrogens with zero attached hydrogens (tertiary/aromatic N) is 3. The van der Waals surface area contributed by atoms with Crippen LogP contribution in [-0.4, -0.2) is 51.8 Å². The lowest BCUT2D eigenvalue weighted by molar-refractivity contribution is 0.161. The van der Waals surface area contributed by atoms with E-state index in [0.717, 1.165) is 25.2 Å². The summed E-state index contributed by atoms with van der Waals surface area (Å²) in [5.41, 5.74) is 0. The number of aryl methyl sites for hydroxylation is 1. The van der Waals surface area contributed by atoms with Crippen LogP contribution in [0.15, 0.2) is 6.33 Å². The van der Waals surface area contributed by atoms with Crippen molar-refractivity contribution < 1.29 is 0 Å². The number of H-pyrrole nitrogens is 1. The van der Waals surface area contributed by atoms with Gasteiger partial charge in [0.15, 0.2) is 0 Å². The third kappa shape index (κ3) is 4.07. The van der Waals surface area contributed by atoms with Crippen LogP contribution >= 0.6 is 0 Å². The SMILES string of the molecule is CC(C)N1CCC(NCCCc2ncn[nH]2)CC1. The summed E-state index contributed by atoms with van der Waals surface area (Å²) in [5.74, 6) is 0.992. The molecule has 0 aliphatic carbocycles. The maximum Gasteiger partial charge on any atom is 0.137 e. The van der Waals surface area contributed by atoms with Gasteiger partial charge in [-0.2, -0.15) is 5.10 Å². The average Bonchev–Trinajstić information content (AvgIpc) is 2.88. The minimum Gasteiger partial charge on any atom is -0.314 e. The Bertz CT molecular complexity index is 314. The van der Waals surface area contributed by atoms with Gasteiger partial charge in [0.2, 0.25) is 0 Å². The number of piperidine rings is 1. The lowest BCUT2D eigenvalue weighted by atomic mass is 10.0. The second-order valence-electron chi connectivity index (χ2n) is 5.39. The van der Waals surface area contributed by atoms with Crippen LogP contribution in [0.5, 0.6) is 0 Å². The number of nitrogens with one attached hydrogen (secondary N) is 2. The van der Waals surface area contributed by atoms with Gasteiger partial charge in [-0.15, -0.1) is 0 Å². The van der Waals surface area contributed by atoms with E-state index in [1.54, 1.807) is 6.33 Å². The Labute approximate surface area is 109 Å². The lowest BCUT2D eigenvalue weighted by Gasteiger charge is -2.35. The van der Waals surface area contributed by atoms with Crippen molar-refractivity contribution in [1.29, 1.82) is 0 Å². The van der Waals surface area contributed by atoms with E-state index in [1.807, 2.05) is 0 Å². The average molecular weight is 251 g/mol. The number of rotatable bonds is 6. The summed E-state index contributed by atoms with van der Waals surface area (Å²) in [6.45, 7) is 8.11. The first kappa shape index (κ1) is 13.5. The van der Waals surface area contributed by atoms with Crippen LogP contribution in [-0.2, 0) is 6.42 Å². The molecular formula is C13H25N5. The Morgan fingerprint density at radius 3 is 2.83 bits per heavy atom. The Morgan fingerprint density at radius 1 is 1.44 bits per heavy atom. The second-order valence-corrected chi connectivity index (χ2v) is 5.39. The van der Waals surface area contributed by atoms with Gasteiger partial charge in [-0.05, 0) is 52.7 Å². The molecule has 18 heavy (non-hydrogen) atoms. The van der Waals surface area contributed by atoms with Gasteiger partial charge in [0.1, 0.15) is 12.2 Å². The highest BCUT2D eigenvalue weighted by atomic mass is 15.2. The third-order valence-corrected chi connectivity index (χ3v) is 3.75. The van der Waals surface area contributed by atoms with Crippen molar-refractivity contribution in [3.05, 3.63) is 12.2 Å². The molecule has 1 saturated heterocycles. The highest BCUT2D eigenvalue weighted by Gasteiger charge is 2.19. The summed E-state index contributed by atoms with van der Waals surface area (Å²) in [5, 5.41) is 10.4. The molecule has 1 aliphatic rings. The maximum absolute atomic E-state index is 4.13. The Kier molecular flexibility index (Phi) is 5.13. The maximum atomic E-state index is 4.13. The first-order valence-corrected chi connectivity index (χ1v) is 7.07. The quantitative estimate of drug-likeness (QED) is 0.746. The van der Waals surface area contributed by atoms with Crippen molar-refractivity contribution >= 4 is 0 Å². The van der Waals surface area contributed by atoms with Gasteiger partial charge in [0, 0.05) is 18.5 Å². The van der Waals surface area contributed by atoms with E-state index >= 15 is 0 Å². The van der Waals surface area contributed by atoms with E-state index in [0.29, 0.717) is 12.1 Å². The molecule has 0 radical (unpaired) electrons. The summed E-state index contributed by atoms with van der Waals surface area (Å²) >= 11 is 0. The zero-order valence-corrected chi connectivity index (χ0v) is 11.5. The van der Waals surface area contributed by atoms with Gasteiger partial charge in [-0.1, -0.05) is 0 Å². The molecule has 1 aromatic heterocycles. The van der Waals surface area contributed by atoms with Gasteiger partial charge in [-0.25, -0.2) is 4.98 Å². The number of hydrogen-bond acceptors (Lipinski definition) is 4. The van der Waals surface area contributed by atoms with Crippen LogP contribution in [0.25, 0.3) is 0 Å². The number of likely N-dealkylation sites (tertiary alicyclic amines) is 1. The lowest BCUT2D eigenvalue weighted by Crippen LogP contribution is -2.45. The first-order valence-electron chi connectivity index (χ1n) is 7.07. The zero-order valence-electron chi connectivity index (χ0n) is 11.5. The molecule has 1 fully saturated rings. The van der Waals surface area contributed by atoms with E-state index in [4.69, 9.17) is 0 Å². The molecule has 1 aliphatic heterocycles. The van der Waals surface area contributed by atoms with Gasteiger partial charge >= 0.3 is 0 Å². The second kappa shape index (κ2) is 6.85. The van der Waals surface area contributed by atoms with Crippen LogP contribution < -0.4 is 5.32 Å². The smallest absolute Gasteiger partial charge is 0.137 e. The summed E-state index contributed by atoms with van der Waals surface area (Å²) in [6.07, 6.45) is 6.24. The van der Waals surface area contributed by atoms with E-state index in [-0.39, 0.29) is 0 Å². The molecule has 0 bridgehead atoms. The van der Waals surface area contributed by atoms with Crippen molar-refractivity contribution in [2.75, 3.05) is 19.6 Å². The largest absolute Gasteiger partial charge is 0.314 e. The number of hydrogen-bond donors (Lipinski definition) is 2. The van der Waals surface area contributed by atoms with Crippen LogP contribution in [0.4, 0.5) is 0 Å². The molecule has 5 nitrogen and oxygen atoms in total. The minimum absolute atomic E-state index is 0.692. The molecule has 2 heterocycles. The van der Waals surface area contributed by atoms with Crippen molar-refractivity contribution in [3.8, 4) is 0 Å². The number of aromatic nitrogens is 3. The Morgan fingerprint density at radius 2 is 2.22 bits per heavy atom. The molecule has 1 aromatic rings. The summed E-state index contributed by atoms with van der Waals surface area (Å²) < 4.78 is 0. The fourth-order valence-corrected chi connectivity index (χ4v) is 2.53. The van der Waals surface area contributed by atoms with Gasteiger partial charge < -0.3 is 10.2 Å². The predicted molar refractivity (Wildman–Crippen MR) is 72.4 cm³/mol. The summed E-state index contributed by atoms with van der Waals surface area (Å²) in [6, 6.07) is 1.40. The molecule has 5 heteroatoms. The van der Waals surface area contributed by atoms with E-state index < -0.39 is 0 Å². The molecule has 0 amide bonds. The summed E-state index contributed by atoms with van der Waals surface area (Å²) in [4.78, 5) is 6.69. The Hall–Kier alpha value is -0.940. The normalized spacial score (nSPS) is 18.6. The molecule has 0 spiro atoms. The van der Waals surface area contributed by atoms with Crippen LogP contribution in [0.2, 0.25) is 0 Å². The van der Waals surface area contributed by atoms with Gasteiger partial charge in [-0.3, -0.25) is 5.10 Å². The van der Waals surface area contributed by atoms with Crippen molar-refractivity contribution in [2.45, 2.75) is 51.6 Å². The fourth-order valence-electron chi connectivity index (χ4n) is 2.53. The Balaban J connectivity index is 1.55. The van der Waals surface area contributed by atoms with Crippen molar-refractivity contribution in [3.63, 3.8) is 0 Å². The predicted octanol–water partition coefficient (Wildman–Crippen LogP) is 1.20. The molecule has 0 saturated carbocycles. The molecule has 2 rings (SSSR count). The monoisotopic (exact) mass is 251 g/mol. The van der Waals surface area contributed by atoms with Crippen LogP contribution in [0, 0.1) is 0 Å². The van der Waals surface area contributed by atoms with Gasteiger partial charge in [0.25, 0.3) is 0 Å². The van der Waals surface area contributed by atoms with Crippen LogP contribution in [0.1, 0.15) is 38.9 Å². The fraction of sp³-hybridized carbons (Fsp3) is 0.846. The molecule has 0 atom stereocenters. The summed E-state index contributed by atoms with van der Waals surface area (Å²) in [7, 11) is 0. The van der Waals surface area contributed by atoms with Crippen molar-refractivity contribution in [1.82, 2.24) is 25.4 Å². The molecule has 102 valence electrons. The van der Waals surface area contributed by atoms with Crippen LogP contribution in [0.3, 0.4) is 0 Å². The topological polar surface area (TPSA) is 56.8 Å². The third-order valence-electron chi connectivity index (χ3n) is 3.75. The highest BCUT2D eigenvalue weighted by Crippen LogP contribution is 2.12. The van der Waals surface area contributed by atoms with Gasteiger partial charge in [0.05, 0.1) is 0 Å². The molecule has 2 N–H and O–H groups in total. The minimum atomic E-state index is 0.692. The molecular weight excluding hydrogens is 226 g/mol. The zero-order chi connectivity index (χ0) is 12.8. The molecule has 0 unspecified atom stereocenters. The highest BCUT2D eigenvalue weighted by molar-refractivity contribution is 4.81. The van der Waals surface area contributed by atoms with E-state index in [2.05, 4.69) is 39.2 Å². The van der Waals surface area contributed by atoms with E-state index in [1.165, 1.54) is 25.9 Å². The number of aromatic amines is 1.